The van der Waals surface area contributed by atoms with Crippen molar-refractivity contribution in [1.29, 1.82) is 0 Å². The highest BCUT2D eigenvalue weighted by atomic mass is 16.5. The number of hydrogen-bond donors (Lipinski definition) is 2. The van der Waals surface area contributed by atoms with Crippen LogP contribution in [0.3, 0.4) is 0 Å². The van der Waals surface area contributed by atoms with Gasteiger partial charge in [0.15, 0.2) is 5.36 Å². The molecule has 0 atom stereocenters. The van der Waals surface area contributed by atoms with Gasteiger partial charge in [0.2, 0.25) is 10.9 Å². The predicted octanol–water partition coefficient (Wildman–Crippen LogP) is 0.396. The van der Waals surface area contributed by atoms with E-state index >= 15 is 0 Å². The second-order valence-corrected chi connectivity index (χ2v) is 5.02. The number of phenolic OH excluding ortho intramolecular Hbond substituents is 1. The lowest BCUT2D eigenvalue weighted by Gasteiger charge is -1.99. The topological polar surface area (TPSA) is 105 Å². The quantitative estimate of drug-likeness (QED) is 0.678. The van der Waals surface area contributed by atoms with Gasteiger partial charge in [0.1, 0.15) is 11.5 Å². The molecule has 0 aliphatic carbocycles. The van der Waals surface area contributed by atoms with Crippen LogP contribution < -0.4 is 26.4 Å². The number of amides is 1. The highest BCUT2D eigenvalue weighted by Gasteiger charge is 2.12. The highest BCUT2D eigenvalue weighted by Crippen LogP contribution is 2.14. The lowest BCUT2D eigenvalue weighted by atomic mass is 10.2. The summed E-state index contributed by atoms with van der Waals surface area (Å²) in [7, 11) is 1.45. The largest absolute Gasteiger partial charge is 0.508 e. The summed E-state index contributed by atoms with van der Waals surface area (Å²) in [5.74, 6) is -0.282. The molecule has 2 N–H and O–H groups in total. The van der Waals surface area contributed by atoms with Crippen LogP contribution in [0.1, 0.15) is 10.4 Å². The summed E-state index contributed by atoms with van der Waals surface area (Å²) in [5.41, 5.74) is 1.17. The number of aromatic hydroxyl groups is 1. The molecule has 7 nitrogen and oxygen atoms in total. The zero-order valence-corrected chi connectivity index (χ0v) is 12.6. The van der Waals surface area contributed by atoms with E-state index in [0.29, 0.717) is 5.75 Å². The Morgan fingerprint density at radius 2 is 1.83 bits per heavy atom. The van der Waals surface area contributed by atoms with Gasteiger partial charge in [-0.2, -0.15) is 5.10 Å². The molecule has 7 heteroatoms. The monoisotopic (exact) mass is 324 g/mol. The van der Waals surface area contributed by atoms with Crippen LogP contribution in [0.2, 0.25) is 0 Å². The van der Waals surface area contributed by atoms with Crippen LogP contribution >= 0.6 is 0 Å². The maximum atomic E-state index is 12.3. The van der Waals surface area contributed by atoms with E-state index in [2.05, 4.69) is 10.5 Å². The molecule has 0 unspecified atom stereocenters. The van der Waals surface area contributed by atoms with Gasteiger partial charge in [-0.3, -0.25) is 14.4 Å². The molecular formula is C17H12N2O5. The van der Waals surface area contributed by atoms with Crippen molar-refractivity contribution in [3.05, 3.63) is 73.8 Å². The molecule has 0 bridgehead atoms. The van der Waals surface area contributed by atoms with Crippen LogP contribution in [0.5, 0.6) is 11.5 Å². The molecule has 0 saturated carbocycles. The summed E-state index contributed by atoms with van der Waals surface area (Å²) in [6.07, 6.45) is 0. The number of phenols is 1. The average molecular weight is 324 g/mol. The van der Waals surface area contributed by atoms with Gasteiger partial charge in [0, 0.05) is 16.3 Å². The SMILES string of the molecule is COc1ccc2c(=O)c(=NNC(=O)c3cccc(O)c3)c(=O)c2c1. The predicted molar refractivity (Wildman–Crippen MR) is 86.5 cm³/mol. The van der Waals surface area contributed by atoms with Crippen molar-refractivity contribution in [2.75, 3.05) is 7.11 Å². The van der Waals surface area contributed by atoms with Crippen molar-refractivity contribution in [2.45, 2.75) is 0 Å². The van der Waals surface area contributed by atoms with Crippen LogP contribution in [0, 0.1) is 0 Å². The van der Waals surface area contributed by atoms with Crippen LogP contribution in [-0.4, -0.2) is 18.1 Å². The molecule has 120 valence electrons. The van der Waals surface area contributed by atoms with E-state index in [0.717, 1.165) is 0 Å². The van der Waals surface area contributed by atoms with E-state index in [9.17, 15) is 19.5 Å². The molecule has 0 aromatic heterocycles. The van der Waals surface area contributed by atoms with Gasteiger partial charge in [-0.1, -0.05) is 6.07 Å². The molecule has 0 aliphatic rings. The number of carbonyl (C=O) groups is 1. The summed E-state index contributed by atoms with van der Waals surface area (Å²) in [4.78, 5) is 36.5. The molecule has 0 aliphatic heterocycles. The minimum absolute atomic E-state index is 0.0807. The molecule has 3 rings (SSSR count). The molecule has 0 spiro atoms. The Hall–Kier alpha value is -3.48. The standard InChI is InChI=1S/C17H12N2O5/c1-24-11-5-6-12-13(8-11)16(22)14(15(12)21)18-19-17(23)9-3-2-4-10(20)7-9/h2-8,20H,1H3,(H,19,23). The van der Waals surface area contributed by atoms with Gasteiger partial charge in [-0.15, -0.1) is 0 Å². The molecule has 0 radical (unpaired) electrons. The molecule has 3 aromatic carbocycles. The third-order valence-electron chi connectivity index (χ3n) is 3.52. The van der Waals surface area contributed by atoms with E-state index < -0.39 is 16.8 Å². The first kappa shape index (κ1) is 15.4. The third kappa shape index (κ3) is 2.63. The van der Waals surface area contributed by atoms with Gasteiger partial charge >= 0.3 is 0 Å². The maximum Gasteiger partial charge on any atom is 0.271 e. The first-order valence-corrected chi connectivity index (χ1v) is 6.95. The summed E-state index contributed by atoms with van der Waals surface area (Å²) < 4.78 is 5.03. The first-order valence-electron chi connectivity index (χ1n) is 6.95. The second kappa shape index (κ2) is 5.96. The van der Waals surface area contributed by atoms with E-state index in [1.165, 1.54) is 43.5 Å². The van der Waals surface area contributed by atoms with Crippen LogP contribution in [0.25, 0.3) is 10.8 Å². The first-order chi connectivity index (χ1) is 11.5. The number of benzene rings is 2. The zero-order chi connectivity index (χ0) is 17.3. The molecule has 1 amide bonds. The fourth-order valence-electron chi connectivity index (χ4n) is 2.31. The summed E-state index contributed by atoms with van der Waals surface area (Å²) in [6, 6.07) is 10.1. The zero-order valence-electron chi connectivity index (χ0n) is 12.6. The Kier molecular flexibility index (Phi) is 3.83. The number of fused-ring (bicyclic) bond motifs is 1. The Morgan fingerprint density at radius 1 is 1.08 bits per heavy atom. The number of hydrogen-bond acceptors (Lipinski definition) is 6. The number of rotatable bonds is 3. The normalized spacial score (nSPS) is 11.6. The van der Waals surface area contributed by atoms with Gasteiger partial charge < -0.3 is 9.84 Å². The maximum absolute atomic E-state index is 12.3. The Morgan fingerprint density at radius 3 is 2.54 bits per heavy atom. The number of nitrogens with one attached hydrogen (secondary N) is 1. The van der Waals surface area contributed by atoms with Gasteiger partial charge in [-0.25, -0.2) is 5.43 Å². The van der Waals surface area contributed by atoms with Gasteiger partial charge in [0.25, 0.3) is 5.91 Å². The van der Waals surface area contributed by atoms with E-state index in [4.69, 9.17) is 4.74 Å². The van der Waals surface area contributed by atoms with Crippen molar-refractivity contribution in [1.82, 2.24) is 5.43 Å². The minimum atomic E-state index is -0.646. The number of methoxy groups -OCH3 is 1. The molecule has 0 heterocycles. The van der Waals surface area contributed by atoms with Crippen molar-refractivity contribution in [2.24, 2.45) is 5.10 Å². The summed E-state index contributed by atoms with van der Waals surface area (Å²) in [5, 5.41) is 13.0. The molecule has 0 saturated heterocycles. The highest BCUT2D eigenvalue weighted by molar-refractivity contribution is 5.94. The van der Waals surface area contributed by atoms with E-state index in [1.807, 2.05) is 0 Å². The van der Waals surface area contributed by atoms with Crippen molar-refractivity contribution in [3.63, 3.8) is 0 Å². The Bertz CT molecular complexity index is 1090. The molecule has 0 fully saturated rings. The number of nitrogens with zero attached hydrogens (tertiary/aromatic N) is 1. The second-order valence-electron chi connectivity index (χ2n) is 5.02. The average Bonchev–Trinajstić information content (AvgIpc) is 2.83. The summed E-state index contributed by atoms with van der Waals surface area (Å²) >= 11 is 0. The van der Waals surface area contributed by atoms with Gasteiger partial charge in [0.05, 0.1) is 7.11 Å². The molecule has 24 heavy (non-hydrogen) atoms. The van der Waals surface area contributed by atoms with Crippen LogP contribution in [-0.2, 0) is 0 Å². The summed E-state index contributed by atoms with van der Waals surface area (Å²) in [6.45, 7) is 0. The Balaban J connectivity index is 2.03. The smallest absolute Gasteiger partial charge is 0.271 e. The fraction of sp³-hybridized carbons (Fsp3) is 0.0588. The lowest BCUT2D eigenvalue weighted by Crippen LogP contribution is -2.35. The van der Waals surface area contributed by atoms with Crippen molar-refractivity contribution < 1.29 is 14.6 Å². The van der Waals surface area contributed by atoms with E-state index in [1.54, 1.807) is 6.07 Å². The van der Waals surface area contributed by atoms with Gasteiger partial charge in [-0.05, 0) is 36.4 Å². The van der Waals surface area contributed by atoms with Crippen LogP contribution in [0.4, 0.5) is 0 Å². The van der Waals surface area contributed by atoms with Crippen LogP contribution in [0.15, 0.2) is 57.2 Å². The third-order valence-corrected chi connectivity index (χ3v) is 3.52. The van der Waals surface area contributed by atoms with Crippen molar-refractivity contribution in [3.8, 4) is 11.5 Å². The number of carbonyl (C=O) groups excluding carboxylic acids is 1. The van der Waals surface area contributed by atoms with E-state index in [-0.39, 0.29) is 27.4 Å². The minimum Gasteiger partial charge on any atom is -0.508 e. The number of ether oxygens (including phenoxy) is 1. The molecule has 3 aromatic rings. The molecular weight excluding hydrogens is 312 g/mol. The Labute approximate surface area is 135 Å². The van der Waals surface area contributed by atoms with Crippen molar-refractivity contribution >= 4 is 16.7 Å². The lowest BCUT2D eigenvalue weighted by molar-refractivity contribution is 0.0952. The fourth-order valence-corrected chi connectivity index (χ4v) is 2.31.